The smallest absolute Gasteiger partial charge is 0.0206 e. The van der Waals surface area contributed by atoms with Crippen LogP contribution in [0.3, 0.4) is 0 Å². The second-order valence-electron chi connectivity index (χ2n) is 5.48. The second kappa shape index (κ2) is 7.63. The lowest BCUT2D eigenvalue weighted by Crippen LogP contribution is -2.37. The number of hydrogen-bond acceptors (Lipinski definition) is 2. The van der Waals surface area contributed by atoms with Crippen LogP contribution in [0, 0.1) is 0 Å². The third-order valence-corrected chi connectivity index (χ3v) is 3.35. The molecular formula is C14H22Br2N2. The zero-order chi connectivity index (χ0) is 13.6. The molecule has 1 rings (SSSR count). The Hall–Kier alpha value is 0.1000. The highest BCUT2D eigenvalue weighted by atomic mass is 79.9. The summed E-state index contributed by atoms with van der Waals surface area (Å²) in [5.74, 6) is 0. The van der Waals surface area contributed by atoms with Crippen LogP contribution in [0.5, 0.6) is 0 Å². The Labute approximate surface area is 127 Å². The van der Waals surface area contributed by atoms with Crippen LogP contribution in [-0.4, -0.2) is 18.6 Å². The molecule has 0 aliphatic heterocycles. The van der Waals surface area contributed by atoms with Crippen molar-refractivity contribution in [2.45, 2.75) is 39.3 Å². The van der Waals surface area contributed by atoms with E-state index in [4.69, 9.17) is 0 Å². The number of rotatable bonds is 6. The molecule has 4 heteroatoms. The van der Waals surface area contributed by atoms with Crippen LogP contribution in [0.4, 0.5) is 0 Å². The van der Waals surface area contributed by atoms with E-state index in [1.54, 1.807) is 0 Å². The van der Waals surface area contributed by atoms with E-state index in [1.165, 1.54) is 5.56 Å². The molecule has 0 aromatic heterocycles. The van der Waals surface area contributed by atoms with E-state index in [2.05, 4.69) is 81.5 Å². The molecular weight excluding hydrogens is 356 g/mol. The van der Waals surface area contributed by atoms with Gasteiger partial charge in [0.15, 0.2) is 0 Å². The summed E-state index contributed by atoms with van der Waals surface area (Å²) in [6.45, 7) is 9.58. The topological polar surface area (TPSA) is 24.1 Å². The third-order valence-electron chi connectivity index (χ3n) is 2.44. The van der Waals surface area contributed by atoms with Crippen molar-refractivity contribution in [1.29, 1.82) is 0 Å². The van der Waals surface area contributed by atoms with Gasteiger partial charge in [-0.3, -0.25) is 0 Å². The summed E-state index contributed by atoms with van der Waals surface area (Å²) in [5, 5.41) is 6.94. The predicted octanol–water partition coefficient (Wildman–Crippen LogP) is 4.08. The normalized spacial score (nSPS) is 11.8. The summed E-state index contributed by atoms with van der Waals surface area (Å²) in [5.41, 5.74) is 1.51. The zero-order valence-corrected chi connectivity index (χ0v) is 14.5. The Kier molecular flexibility index (Phi) is 6.85. The molecule has 1 aromatic carbocycles. The Morgan fingerprint density at radius 2 is 1.61 bits per heavy atom. The number of hydrogen-bond donors (Lipinski definition) is 2. The molecule has 0 amide bonds. The van der Waals surface area contributed by atoms with Gasteiger partial charge < -0.3 is 10.6 Å². The van der Waals surface area contributed by atoms with E-state index in [0.29, 0.717) is 0 Å². The van der Waals surface area contributed by atoms with Gasteiger partial charge in [-0.1, -0.05) is 31.9 Å². The Balaban J connectivity index is 2.18. The minimum atomic E-state index is 0.217. The molecule has 0 spiro atoms. The molecule has 0 fully saturated rings. The first kappa shape index (κ1) is 16.2. The summed E-state index contributed by atoms with van der Waals surface area (Å²) in [6, 6.07) is 6.34. The maximum absolute atomic E-state index is 3.50. The van der Waals surface area contributed by atoms with Crippen molar-refractivity contribution >= 4 is 31.9 Å². The molecule has 0 unspecified atom stereocenters. The van der Waals surface area contributed by atoms with Crippen molar-refractivity contribution in [2.75, 3.05) is 13.1 Å². The molecule has 0 saturated heterocycles. The fourth-order valence-electron chi connectivity index (χ4n) is 1.62. The van der Waals surface area contributed by atoms with Gasteiger partial charge in [-0.2, -0.15) is 0 Å². The average Bonchev–Trinajstić information content (AvgIpc) is 2.20. The van der Waals surface area contributed by atoms with E-state index in [9.17, 15) is 0 Å². The van der Waals surface area contributed by atoms with Crippen molar-refractivity contribution in [2.24, 2.45) is 0 Å². The van der Waals surface area contributed by atoms with Crippen LogP contribution in [0.1, 0.15) is 32.8 Å². The summed E-state index contributed by atoms with van der Waals surface area (Å²) in [4.78, 5) is 0. The van der Waals surface area contributed by atoms with Gasteiger partial charge in [0.1, 0.15) is 0 Å². The summed E-state index contributed by atoms with van der Waals surface area (Å²) in [6.07, 6.45) is 1.15. The lowest BCUT2D eigenvalue weighted by atomic mass is 10.1. The van der Waals surface area contributed by atoms with Crippen LogP contribution >= 0.6 is 31.9 Å². The number of halogens is 2. The number of nitrogens with one attached hydrogen (secondary N) is 2. The van der Waals surface area contributed by atoms with E-state index < -0.39 is 0 Å². The molecule has 0 aliphatic carbocycles. The fourth-order valence-corrected chi connectivity index (χ4v) is 3.01. The van der Waals surface area contributed by atoms with Crippen LogP contribution in [0.25, 0.3) is 0 Å². The first-order valence-corrected chi connectivity index (χ1v) is 7.86. The van der Waals surface area contributed by atoms with Gasteiger partial charge in [0, 0.05) is 21.0 Å². The monoisotopic (exact) mass is 376 g/mol. The van der Waals surface area contributed by atoms with Crippen LogP contribution in [-0.2, 0) is 6.54 Å². The Morgan fingerprint density at radius 1 is 1.00 bits per heavy atom. The molecule has 0 saturated carbocycles. The van der Waals surface area contributed by atoms with E-state index in [1.807, 2.05) is 0 Å². The summed E-state index contributed by atoms with van der Waals surface area (Å²) >= 11 is 7.00. The van der Waals surface area contributed by atoms with E-state index in [0.717, 1.165) is 35.0 Å². The molecule has 0 aliphatic rings. The van der Waals surface area contributed by atoms with Crippen molar-refractivity contribution < 1.29 is 0 Å². The molecule has 0 atom stereocenters. The highest BCUT2D eigenvalue weighted by Crippen LogP contribution is 2.19. The minimum absolute atomic E-state index is 0.217. The maximum atomic E-state index is 3.50. The van der Waals surface area contributed by atoms with Crippen LogP contribution in [0.15, 0.2) is 27.1 Å². The Morgan fingerprint density at radius 3 is 2.17 bits per heavy atom. The maximum Gasteiger partial charge on any atom is 0.0206 e. The molecule has 0 heterocycles. The van der Waals surface area contributed by atoms with Crippen LogP contribution < -0.4 is 10.6 Å². The Bertz CT molecular complexity index is 352. The van der Waals surface area contributed by atoms with Crippen molar-refractivity contribution in [3.63, 3.8) is 0 Å². The zero-order valence-electron chi connectivity index (χ0n) is 11.3. The molecule has 2 nitrogen and oxygen atoms in total. The first-order valence-electron chi connectivity index (χ1n) is 6.27. The molecule has 0 bridgehead atoms. The summed E-state index contributed by atoms with van der Waals surface area (Å²) < 4.78 is 2.23. The van der Waals surface area contributed by atoms with Gasteiger partial charge in [-0.05, 0) is 64.0 Å². The van der Waals surface area contributed by atoms with Crippen molar-refractivity contribution in [3.05, 3.63) is 32.7 Å². The second-order valence-corrected chi connectivity index (χ2v) is 7.32. The molecule has 0 radical (unpaired) electrons. The first-order chi connectivity index (χ1) is 8.37. The van der Waals surface area contributed by atoms with Gasteiger partial charge in [0.05, 0.1) is 0 Å². The predicted molar refractivity (Wildman–Crippen MR) is 85.9 cm³/mol. The van der Waals surface area contributed by atoms with Gasteiger partial charge in [0.25, 0.3) is 0 Å². The van der Waals surface area contributed by atoms with E-state index in [-0.39, 0.29) is 5.54 Å². The third kappa shape index (κ3) is 7.52. The SMILES string of the molecule is CC(C)(C)NCCCNCc1cc(Br)cc(Br)c1. The van der Waals surface area contributed by atoms with Gasteiger partial charge in [-0.25, -0.2) is 0 Å². The standard InChI is InChI=1S/C14H22Br2N2/c1-14(2,3)18-6-4-5-17-10-11-7-12(15)9-13(16)8-11/h7-9,17-18H,4-6,10H2,1-3H3. The van der Waals surface area contributed by atoms with Crippen molar-refractivity contribution in [1.82, 2.24) is 10.6 Å². The minimum Gasteiger partial charge on any atom is -0.313 e. The van der Waals surface area contributed by atoms with Gasteiger partial charge in [-0.15, -0.1) is 0 Å². The average molecular weight is 378 g/mol. The lowest BCUT2D eigenvalue weighted by Gasteiger charge is -2.20. The largest absolute Gasteiger partial charge is 0.313 e. The van der Waals surface area contributed by atoms with Crippen molar-refractivity contribution in [3.8, 4) is 0 Å². The van der Waals surface area contributed by atoms with E-state index >= 15 is 0 Å². The molecule has 18 heavy (non-hydrogen) atoms. The van der Waals surface area contributed by atoms with Crippen LogP contribution in [0.2, 0.25) is 0 Å². The summed E-state index contributed by atoms with van der Waals surface area (Å²) in [7, 11) is 0. The van der Waals surface area contributed by atoms with Gasteiger partial charge in [0.2, 0.25) is 0 Å². The lowest BCUT2D eigenvalue weighted by molar-refractivity contribution is 0.418. The molecule has 1 aromatic rings. The quantitative estimate of drug-likeness (QED) is 0.730. The highest BCUT2D eigenvalue weighted by Gasteiger charge is 2.06. The van der Waals surface area contributed by atoms with Gasteiger partial charge >= 0.3 is 0 Å². The molecule has 2 N–H and O–H groups in total. The fraction of sp³-hybridized carbons (Fsp3) is 0.571. The molecule has 102 valence electrons. The highest BCUT2D eigenvalue weighted by molar-refractivity contribution is 9.11. The number of benzene rings is 1.